The molecule has 33 heavy (non-hydrogen) atoms. The van der Waals surface area contributed by atoms with Crippen LogP contribution in [0.1, 0.15) is 20.3 Å². The lowest BCUT2D eigenvalue weighted by atomic mass is 10.1. The van der Waals surface area contributed by atoms with Crippen LogP contribution in [0, 0.1) is 5.92 Å². The van der Waals surface area contributed by atoms with Gasteiger partial charge in [-0.1, -0.05) is 13.8 Å². The first-order chi connectivity index (χ1) is 15.4. The molecule has 0 bridgehead atoms. The molecule has 198 valence electrons. The summed E-state index contributed by atoms with van der Waals surface area (Å²) >= 11 is 0. The molecule has 0 saturated heterocycles. The standard InChI is InChI=1S/C19H41N3O9S2/c1-18(2)15-19(23)20(16-32(24,25)21(7-11-28-3)8-12-29-4)17-33(26,27)22(9-13-30-5)10-14-31-6/h18H,7-17H2,1-6H3. The highest BCUT2D eigenvalue weighted by molar-refractivity contribution is 7.89. The molecule has 0 N–H and O–H groups in total. The van der Waals surface area contributed by atoms with Gasteiger partial charge in [0, 0.05) is 61.0 Å². The first kappa shape index (κ1) is 32.1. The van der Waals surface area contributed by atoms with Crippen molar-refractivity contribution in [1.82, 2.24) is 13.5 Å². The van der Waals surface area contributed by atoms with Crippen LogP contribution in [0.2, 0.25) is 0 Å². The highest BCUT2D eigenvalue weighted by Crippen LogP contribution is 2.13. The third kappa shape index (κ3) is 13.0. The Morgan fingerprint density at radius 3 is 1.21 bits per heavy atom. The van der Waals surface area contributed by atoms with Crippen molar-refractivity contribution in [2.75, 3.05) is 92.8 Å². The van der Waals surface area contributed by atoms with E-state index < -0.39 is 37.7 Å². The number of amides is 1. The van der Waals surface area contributed by atoms with Crippen molar-refractivity contribution in [2.24, 2.45) is 5.92 Å². The van der Waals surface area contributed by atoms with Crippen LogP contribution in [0.25, 0.3) is 0 Å². The normalized spacial score (nSPS) is 12.8. The second-order valence-corrected chi connectivity index (χ2v) is 11.7. The van der Waals surface area contributed by atoms with Crippen LogP contribution in [-0.2, 0) is 43.8 Å². The Morgan fingerprint density at radius 1 is 0.667 bits per heavy atom. The number of sulfonamides is 2. The monoisotopic (exact) mass is 519 g/mol. The Bertz CT molecular complexity index is 678. The fraction of sp³-hybridized carbons (Fsp3) is 0.947. The lowest BCUT2D eigenvalue weighted by molar-refractivity contribution is -0.130. The van der Waals surface area contributed by atoms with Crippen molar-refractivity contribution in [3.05, 3.63) is 0 Å². The number of ether oxygens (including phenoxy) is 4. The van der Waals surface area contributed by atoms with Gasteiger partial charge in [-0.15, -0.1) is 0 Å². The Kier molecular flexibility index (Phi) is 16.3. The molecule has 0 spiro atoms. The van der Waals surface area contributed by atoms with Gasteiger partial charge in [0.1, 0.15) is 11.8 Å². The second-order valence-electron chi connectivity index (χ2n) is 7.78. The van der Waals surface area contributed by atoms with E-state index in [1.165, 1.54) is 28.4 Å². The van der Waals surface area contributed by atoms with Crippen molar-refractivity contribution >= 4 is 26.0 Å². The van der Waals surface area contributed by atoms with E-state index in [4.69, 9.17) is 18.9 Å². The smallest absolute Gasteiger partial charge is 0.232 e. The minimum absolute atomic E-state index is 0.0112. The maximum Gasteiger partial charge on any atom is 0.232 e. The number of hydrogen-bond donors (Lipinski definition) is 0. The molecule has 0 radical (unpaired) electrons. The van der Waals surface area contributed by atoms with E-state index in [2.05, 4.69) is 0 Å². The summed E-state index contributed by atoms with van der Waals surface area (Å²) in [6.07, 6.45) is 0.0112. The fourth-order valence-corrected chi connectivity index (χ4v) is 5.88. The molecule has 0 aromatic rings. The Morgan fingerprint density at radius 2 is 0.970 bits per heavy atom. The predicted molar refractivity (Wildman–Crippen MR) is 125 cm³/mol. The summed E-state index contributed by atoms with van der Waals surface area (Å²) in [7, 11) is -2.28. The third-order valence-corrected chi connectivity index (χ3v) is 8.12. The van der Waals surface area contributed by atoms with Gasteiger partial charge in [-0.25, -0.2) is 16.8 Å². The highest BCUT2D eigenvalue weighted by Gasteiger charge is 2.32. The van der Waals surface area contributed by atoms with Gasteiger partial charge < -0.3 is 23.8 Å². The van der Waals surface area contributed by atoms with Gasteiger partial charge in [0.15, 0.2) is 0 Å². The minimum Gasteiger partial charge on any atom is -0.383 e. The molecule has 0 fully saturated rings. The van der Waals surface area contributed by atoms with Crippen molar-refractivity contribution in [1.29, 1.82) is 0 Å². The molecule has 0 aliphatic heterocycles. The van der Waals surface area contributed by atoms with Crippen LogP contribution in [0.3, 0.4) is 0 Å². The van der Waals surface area contributed by atoms with Crippen molar-refractivity contribution in [3.63, 3.8) is 0 Å². The Labute approximate surface area is 199 Å². The summed E-state index contributed by atoms with van der Waals surface area (Å²) in [5, 5.41) is 0. The third-order valence-electron chi connectivity index (χ3n) is 4.54. The molecule has 12 nitrogen and oxygen atoms in total. The average molecular weight is 520 g/mol. The molecule has 0 rings (SSSR count). The predicted octanol–water partition coefficient (Wildman–Crippen LogP) is -0.375. The molecule has 0 aliphatic rings. The maximum atomic E-state index is 13.1. The van der Waals surface area contributed by atoms with Crippen molar-refractivity contribution in [3.8, 4) is 0 Å². The summed E-state index contributed by atoms with van der Waals surface area (Å²) in [4.78, 5) is 13.8. The van der Waals surface area contributed by atoms with Gasteiger partial charge in [0.25, 0.3) is 0 Å². The van der Waals surface area contributed by atoms with E-state index in [1.807, 2.05) is 0 Å². The number of carbonyl (C=O) groups excluding carboxylic acids is 1. The summed E-state index contributed by atoms with van der Waals surface area (Å²) < 4.78 is 74.7. The Balaban J connectivity index is 5.87. The molecule has 14 heteroatoms. The SMILES string of the molecule is COCCN(CCOC)S(=O)(=O)CN(CS(=O)(=O)N(CCOC)CCOC)C(=O)CC(C)C. The molecular formula is C19H41N3O9S2. The van der Waals surface area contributed by atoms with Crippen molar-refractivity contribution < 1.29 is 40.6 Å². The first-order valence-corrected chi connectivity index (χ1v) is 13.9. The van der Waals surface area contributed by atoms with Gasteiger partial charge in [-0.2, -0.15) is 8.61 Å². The molecule has 0 saturated carbocycles. The second kappa shape index (κ2) is 16.7. The van der Waals surface area contributed by atoms with E-state index in [1.54, 1.807) is 13.8 Å². The summed E-state index contributed by atoms with van der Waals surface area (Å²) in [6.45, 7) is 4.36. The van der Waals surface area contributed by atoms with Crippen molar-refractivity contribution in [2.45, 2.75) is 20.3 Å². The zero-order chi connectivity index (χ0) is 25.5. The molecule has 0 unspecified atom stereocenters. The molecule has 1 amide bonds. The molecule has 0 heterocycles. The number of nitrogens with zero attached hydrogens (tertiary/aromatic N) is 3. The fourth-order valence-electron chi connectivity index (χ4n) is 2.77. The van der Waals surface area contributed by atoms with Gasteiger partial charge in [-0.3, -0.25) is 4.79 Å². The van der Waals surface area contributed by atoms with Gasteiger partial charge >= 0.3 is 0 Å². The van der Waals surface area contributed by atoms with E-state index in [0.29, 0.717) is 0 Å². The molecule has 0 aromatic heterocycles. The minimum atomic E-state index is -4.03. The quantitative estimate of drug-likeness (QED) is 0.211. The number of carbonyl (C=O) groups is 1. The molecule has 0 atom stereocenters. The van der Waals surface area contributed by atoms with Crippen LogP contribution >= 0.6 is 0 Å². The highest BCUT2D eigenvalue weighted by atomic mass is 32.2. The maximum absolute atomic E-state index is 13.1. The van der Waals surface area contributed by atoms with Gasteiger partial charge in [0.05, 0.1) is 26.4 Å². The van der Waals surface area contributed by atoms with E-state index >= 15 is 0 Å². The largest absolute Gasteiger partial charge is 0.383 e. The van der Waals surface area contributed by atoms with Crippen LogP contribution in [-0.4, -0.2) is 129 Å². The lowest BCUT2D eigenvalue weighted by Crippen LogP contribution is -2.49. The number of rotatable bonds is 20. The van der Waals surface area contributed by atoms with E-state index in [0.717, 1.165) is 13.5 Å². The summed E-state index contributed by atoms with van der Waals surface area (Å²) in [5.74, 6) is -2.18. The number of methoxy groups -OCH3 is 4. The summed E-state index contributed by atoms with van der Waals surface area (Å²) in [6, 6.07) is 0. The van der Waals surface area contributed by atoms with Gasteiger partial charge in [-0.05, 0) is 5.92 Å². The van der Waals surface area contributed by atoms with Crippen LogP contribution in [0.5, 0.6) is 0 Å². The van der Waals surface area contributed by atoms with Gasteiger partial charge in [0.2, 0.25) is 26.0 Å². The summed E-state index contributed by atoms with van der Waals surface area (Å²) in [5.41, 5.74) is 0. The topological polar surface area (TPSA) is 132 Å². The Hall–Kier alpha value is -0.870. The zero-order valence-corrected chi connectivity index (χ0v) is 22.3. The average Bonchev–Trinajstić information content (AvgIpc) is 2.72. The van der Waals surface area contributed by atoms with Crippen LogP contribution in [0.15, 0.2) is 0 Å². The first-order valence-electron chi connectivity index (χ1n) is 10.6. The molecule has 0 aliphatic carbocycles. The van der Waals surface area contributed by atoms with E-state index in [-0.39, 0.29) is 64.9 Å². The zero-order valence-electron chi connectivity index (χ0n) is 20.7. The molecular weight excluding hydrogens is 478 g/mol. The van der Waals surface area contributed by atoms with Crippen LogP contribution in [0.4, 0.5) is 0 Å². The molecule has 0 aromatic carbocycles. The van der Waals surface area contributed by atoms with E-state index in [9.17, 15) is 21.6 Å². The van der Waals surface area contributed by atoms with Crippen LogP contribution < -0.4 is 0 Å². The number of hydrogen-bond acceptors (Lipinski definition) is 9. The lowest BCUT2D eigenvalue weighted by Gasteiger charge is -2.30.